The molecule has 1 fully saturated rings. The van der Waals surface area contributed by atoms with Gasteiger partial charge in [0.1, 0.15) is 12.0 Å². The van der Waals surface area contributed by atoms with Gasteiger partial charge in [0.25, 0.3) is 0 Å². The van der Waals surface area contributed by atoms with E-state index in [0.717, 1.165) is 0 Å². The molecule has 0 aromatic carbocycles. The molecule has 1 N–H and O–H groups in total. The Hall–Kier alpha value is -2.71. The summed E-state index contributed by atoms with van der Waals surface area (Å²) >= 11 is 0. The number of likely N-dealkylation sites (N-methyl/N-ethyl adjacent to an activating group) is 1. The fourth-order valence-corrected chi connectivity index (χ4v) is 3.89. The largest absolute Gasteiger partial charge is 0.480 e. The minimum atomic E-state index is -1.44. The van der Waals surface area contributed by atoms with Gasteiger partial charge in [-0.15, -0.1) is 0 Å². The van der Waals surface area contributed by atoms with Crippen LogP contribution < -0.4 is 9.80 Å². The third-order valence-electron chi connectivity index (χ3n) is 5.44. The SMILES string of the molecule is CN(C[C@@H]1C[C@H](F)CN1c1ccnc(N(C)C)n1)C(=O)C1(C(=O)O)CC=CC1. The maximum absolute atomic E-state index is 14.2. The molecule has 1 aromatic rings. The smallest absolute Gasteiger partial charge is 0.319 e. The molecule has 1 aromatic heterocycles. The number of alkyl halides is 1. The second-order valence-electron chi connectivity index (χ2n) is 7.70. The predicted molar refractivity (Wildman–Crippen MR) is 103 cm³/mol. The molecule has 0 spiro atoms. The van der Waals surface area contributed by atoms with Crippen LogP contribution in [0.2, 0.25) is 0 Å². The lowest BCUT2D eigenvalue weighted by Crippen LogP contribution is -2.49. The number of allylic oxidation sites excluding steroid dienone is 2. The van der Waals surface area contributed by atoms with Crippen molar-refractivity contribution < 1.29 is 19.1 Å². The molecule has 1 amide bonds. The molecule has 28 heavy (non-hydrogen) atoms. The molecule has 1 aliphatic carbocycles. The van der Waals surface area contributed by atoms with Crippen LogP contribution >= 0.6 is 0 Å². The summed E-state index contributed by atoms with van der Waals surface area (Å²) in [5.74, 6) is -0.443. The molecule has 1 aliphatic heterocycles. The second-order valence-corrected chi connectivity index (χ2v) is 7.70. The molecule has 0 radical (unpaired) electrons. The number of aliphatic carboxylic acids is 1. The summed E-state index contributed by atoms with van der Waals surface area (Å²) < 4.78 is 14.2. The third-order valence-corrected chi connectivity index (χ3v) is 5.44. The van der Waals surface area contributed by atoms with E-state index in [1.54, 1.807) is 36.4 Å². The Morgan fingerprint density at radius 3 is 2.61 bits per heavy atom. The average molecular weight is 391 g/mol. The number of rotatable bonds is 6. The quantitative estimate of drug-likeness (QED) is 0.578. The van der Waals surface area contributed by atoms with E-state index in [0.29, 0.717) is 11.8 Å². The number of hydrogen-bond acceptors (Lipinski definition) is 6. The first-order valence-electron chi connectivity index (χ1n) is 9.29. The highest BCUT2D eigenvalue weighted by atomic mass is 19.1. The van der Waals surface area contributed by atoms with Gasteiger partial charge < -0.3 is 19.8 Å². The van der Waals surface area contributed by atoms with Gasteiger partial charge >= 0.3 is 5.97 Å². The zero-order valence-electron chi connectivity index (χ0n) is 16.4. The molecule has 3 rings (SSSR count). The van der Waals surface area contributed by atoms with E-state index in [9.17, 15) is 19.1 Å². The first-order valence-corrected chi connectivity index (χ1v) is 9.29. The number of halogens is 1. The summed E-state index contributed by atoms with van der Waals surface area (Å²) in [5.41, 5.74) is -1.44. The Morgan fingerprint density at radius 2 is 2.00 bits per heavy atom. The van der Waals surface area contributed by atoms with Gasteiger partial charge in [-0.25, -0.2) is 9.37 Å². The van der Waals surface area contributed by atoms with Crippen LogP contribution in [0.25, 0.3) is 0 Å². The fraction of sp³-hybridized carbons (Fsp3) is 0.579. The van der Waals surface area contributed by atoms with Crippen LogP contribution in [0, 0.1) is 5.41 Å². The van der Waals surface area contributed by atoms with Crippen LogP contribution in [-0.4, -0.2) is 78.3 Å². The van der Waals surface area contributed by atoms with Gasteiger partial charge in [0, 0.05) is 40.3 Å². The zero-order chi connectivity index (χ0) is 20.5. The van der Waals surface area contributed by atoms with Gasteiger partial charge in [-0.2, -0.15) is 4.98 Å². The van der Waals surface area contributed by atoms with E-state index in [4.69, 9.17) is 0 Å². The van der Waals surface area contributed by atoms with Crippen molar-refractivity contribution in [3.63, 3.8) is 0 Å². The normalized spacial score (nSPS) is 23.1. The number of aromatic nitrogens is 2. The van der Waals surface area contributed by atoms with Crippen LogP contribution in [0.4, 0.5) is 16.2 Å². The summed E-state index contributed by atoms with van der Waals surface area (Å²) in [4.78, 5) is 38.4. The fourth-order valence-electron chi connectivity index (χ4n) is 3.89. The van der Waals surface area contributed by atoms with Crippen LogP contribution in [-0.2, 0) is 9.59 Å². The number of carboxylic acid groups (broad SMARTS) is 1. The van der Waals surface area contributed by atoms with E-state index in [-0.39, 0.29) is 38.4 Å². The maximum Gasteiger partial charge on any atom is 0.319 e. The molecule has 0 unspecified atom stereocenters. The molecule has 2 heterocycles. The molecule has 0 saturated carbocycles. The lowest BCUT2D eigenvalue weighted by atomic mass is 9.84. The summed E-state index contributed by atoms with van der Waals surface area (Å²) in [6, 6.07) is 1.44. The summed E-state index contributed by atoms with van der Waals surface area (Å²) in [7, 11) is 5.23. The van der Waals surface area contributed by atoms with Gasteiger partial charge in [0.15, 0.2) is 5.41 Å². The number of carbonyl (C=O) groups is 2. The van der Waals surface area contributed by atoms with Crippen molar-refractivity contribution in [3.8, 4) is 0 Å². The van der Waals surface area contributed by atoms with Crippen LogP contribution in [0.5, 0.6) is 0 Å². The van der Waals surface area contributed by atoms with E-state index in [2.05, 4.69) is 9.97 Å². The van der Waals surface area contributed by atoms with Gasteiger partial charge in [-0.05, 0) is 18.9 Å². The molecular weight excluding hydrogens is 365 g/mol. The standard InChI is InChI=1S/C19H26FN5O3/c1-23(2)18-21-9-6-15(22-18)25-11-13(20)10-14(25)12-24(3)16(26)19(17(27)28)7-4-5-8-19/h4-6,9,13-14H,7-8,10-12H2,1-3H3,(H,27,28)/t13-,14-/m0/s1. The molecular formula is C19H26FN5O3. The van der Waals surface area contributed by atoms with E-state index >= 15 is 0 Å². The number of hydrogen-bond donors (Lipinski definition) is 1. The highest BCUT2D eigenvalue weighted by molar-refractivity contribution is 6.02. The van der Waals surface area contributed by atoms with Crippen molar-refractivity contribution in [2.45, 2.75) is 31.5 Å². The minimum Gasteiger partial charge on any atom is -0.480 e. The first-order chi connectivity index (χ1) is 13.2. The molecule has 0 bridgehead atoms. The molecule has 1 saturated heterocycles. The molecule has 2 atom stereocenters. The van der Waals surface area contributed by atoms with Crippen molar-refractivity contribution in [2.24, 2.45) is 5.41 Å². The van der Waals surface area contributed by atoms with Crippen molar-refractivity contribution in [3.05, 3.63) is 24.4 Å². The van der Waals surface area contributed by atoms with Gasteiger partial charge in [0.2, 0.25) is 11.9 Å². The van der Waals surface area contributed by atoms with Gasteiger partial charge in [-0.3, -0.25) is 9.59 Å². The number of anilines is 2. The molecule has 8 nitrogen and oxygen atoms in total. The highest BCUT2D eigenvalue weighted by Gasteiger charge is 2.48. The zero-order valence-corrected chi connectivity index (χ0v) is 16.4. The monoisotopic (exact) mass is 391 g/mol. The summed E-state index contributed by atoms with van der Waals surface area (Å²) in [5, 5.41) is 9.62. The maximum atomic E-state index is 14.2. The van der Waals surface area contributed by atoms with E-state index in [1.807, 2.05) is 19.0 Å². The average Bonchev–Trinajstić information content (AvgIpc) is 3.29. The van der Waals surface area contributed by atoms with Crippen molar-refractivity contribution in [2.75, 3.05) is 44.0 Å². The van der Waals surface area contributed by atoms with Crippen LogP contribution in [0.3, 0.4) is 0 Å². The lowest BCUT2D eigenvalue weighted by molar-refractivity contribution is -0.159. The van der Waals surface area contributed by atoms with Crippen LogP contribution in [0.1, 0.15) is 19.3 Å². The molecule has 9 heteroatoms. The number of carboxylic acids is 1. The number of amides is 1. The Kier molecular flexibility index (Phi) is 5.53. The Labute approximate surface area is 163 Å². The summed E-state index contributed by atoms with van der Waals surface area (Å²) in [6.07, 6.45) is 4.67. The van der Waals surface area contributed by atoms with E-state index < -0.39 is 23.5 Å². The number of nitrogens with zero attached hydrogens (tertiary/aromatic N) is 5. The Bertz CT molecular complexity index is 777. The summed E-state index contributed by atoms with van der Waals surface area (Å²) in [6.45, 7) is 0.414. The van der Waals surface area contributed by atoms with Crippen LogP contribution in [0.15, 0.2) is 24.4 Å². The molecule has 152 valence electrons. The van der Waals surface area contributed by atoms with Crippen molar-refractivity contribution >= 4 is 23.6 Å². The number of carbonyl (C=O) groups excluding carboxylic acids is 1. The Morgan fingerprint density at radius 1 is 1.32 bits per heavy atom. The first kappa shape index (κ1) is 20.0. The van der Waals surface area contributed by atoms with Crippen molar-refractivity contribution in [1.82, 2.24) is 14.9 Å². The molecule has 2 aliphatic rings. The van der Waals surface area contributed by atoms with E-state index in [1.165, 1.54) is 4.90 Å². The Balaban J connectivity index is 1.77. The second kappa shape index (κ2) is 7.73. The minimum absolute atomic E-state index is 0.183. The predicted octanol–water partition coefficient (Wildman–Crippen LogP) is 1.34. The third kappa shape index (κ3) is 3.65. The highest BCUT2D eigenvalue weighted by Crippen LogP contribution is 2.36. The van der Waals surface area contributed by atoms with Crippen molar-refractivity contribution in [1.29, 1.82) is 0 Å². The van der Waals surface area contributed by atoms with Gasteiger partial charge in [-0.1, -0.05) is 12.2 Å². The lowest BCUT2D eigenvalue weighted by Gasteiger charge is -2.33. The topological polar surface area (TPSA) is 89.9 Å². The van der Waals surface area contributed by atoms with Gasteiger partial charge in [0.05, 0.1) is 12.6 Å².